The van der Waals surface area contributed by atoms with Crippen molar-refractivity contribution in [2.24, 2.45) is 0 Å². The molecule has 0 aliphatic carbocycles. The van der Waals surface area contributed by atoms with Gasteiger partial charge in [0.05, 0.1) is 35.5 Å². The van der Waals surface area contributed by atoms with E-state index in [2.05, 4.69) is 30.6 Å². The summed E-state index contributed by atoms with van der Waals surface area (Å²) >= 11 is 0. The number of methoxy groups -OCH3 is 1. The highest BCUT2D eigenvalue weighted by molar-refractivity contribution is 6.06. The van der Waals surface area contributed by atoms with Gasteiger partial charge in [0.1, 0.15) is 11.4 Å². The lowest BCUT2D eigenvalue weighted by molar-refractivity contribution is -0.116. The smallest absolute Gasteiger partial charge is 0.272 e. The van der Waals surface area contributed by atoms with Crippen LogP contribution in [0.2, 0.25) is 0 Å². The van der Waals surface area contributed by atoms with E-state index in [0.717, 1.165) is 24.1 Å². The maximum absolute atomic E-state index is 13.3. The highest BCUT2D eigenvalue weighted by Crippen LogP contribution is 2.36. The number of rotatable bonds is 8. The molecule has 5 aromatic rings. The Labute approximate surface area is 230 Å². The molecule has 5 heterocycles. The number of aromatic nitrogens is 6. The van der Waals surface area contributed by atoms with E-state index in [0.29, 0.717) is 58.8 Å². The minimum absolute atomic E-state index is 0.0298. The summed E-state index contributed by atoms with van der Waals surface area (Å²) in [5.41, 5.74) is 5.35. The lowest BCUT2D eigenvalue weighted by atomic mass is 10.0. The minimum atomic E-state index is -0.279. The van der Waals surface area contributed by atoms with Gasteiger partial charge in [-0.3, -0.25) is 14.6 Å². The molecule has 40 heavy (non-hydrogen) atoms. The predicted octanol–water partition coefficient (Wildman–Crippen LogP) is 2.71. The van der Waals surface area contributed by atoms with Gasteiger partial charge in [0.25, 0.3) is 5.91 Å². The van der Waals surface area contributed by atoms with Gasteiger partial charge in [0.15, 0.2) is 11.3 Å². The Morgan fingerprint density at radius 1 is 1.18 bits per heavy atom. The maximum atomic E-state index is 13.3. The van der Waals surface area contributed by atoms with Crippen molar-refractivity contribution >= 4 is 34.1 Å². The molecule has 0 atom stereocenters. The van der Waals surface area contributed by atoms with Gasteiger partial charge in [0, 0.05) is 43.3 Å². The van der Waals surface area contributed by atoms with E-state index in [4.69, 9.17) is 9.84 Å². The molecule has 0 radical (unpaired) electrons. The topological polar surface area (TPSA) is 132 Å². The zero-order valence-electron chi connectivity index (χ0n) is 22.5. The molecule has 2 amide bonds. The molecule has 204 valence electrons. The molecule has 0 spiro atoms. The fourth-order valence-electron chi connectivity index (χ4n) is 4.92. The fourth-order valence-corrected chi connectivity index (χ4v) is 4.92. The van der Waals surface area contributed by atoms with Crippen molar-refractivity contribution in [3.05, 3.63) is 60.3 Å². The summed E-state index contributed by atoms with van der Waals surface area (Å²) in [6, 6.07) is 7.45. The van der Waals surface area contributed by atoms with E-state index in [1.165, 1.54) is 0 Å². The molecule has 2 N–H and O–H groups in total. The van der Waals surface area contributed by atoms with Crippen LogP contribution in [0.25, 0.3) is 33.5 Å². The molecule has 12 nitrogen and oxygen atoms in total. The van der Waals surface area contributed by atoms with Gasteiger partial charge in [-0.2, -0.15) is 10.2 Å². The van der Waals surface area contributed by atoms with Gasteiger partial charge < -0.3 is 20.3 Å². The maximum Gasteiger partial charge on any atom is 0.272 e. The quantitative estimate of drug-likeness (QED) is 0.288. The first-order valence-electron chi connectivity index (χ1n) is 13.0. The molecule has 12 heteroatoms. The first-order chi connectivity index (χ1) is 19.4. The van der Waals surface area contributed by atoms with Gasteiger partial charge >= 0.3 is 0 Å². The summed E-state index contributed by atoms with van der Waals surface area (Å²) in [5.74, 6) is 0.205. The molecular formula is C28H29N9O3. The largest absolute Gasteiger partial charge is 0.494 e. The van der Waals surface area contributed by atoms with E-state index in [9.17, 15) is 9.59 Å². The molecule has 1 aliphatic rings. The van der Waals surface area contributed by atoms with Crippen LogP contribution in [0.5, 0.6) is 5.75 Å². The Bertz CT molecular complexity index is 1760. The van der Waals surface area contributed by atoms with E-state index >= 15 is 0 Å². The zero-order chi connectivity index (χ0) is 27.8. The zero-order valence-corrected chi connectivity index (χ0v) is 22.5. The van der Waals surface area contributed by atoms with Crippen molar-refractivity contribution in [3.8, 4) is 22.7 Å². The predicted molar refractivity (Wildman–Crippen MR) is 150 cm³/mol. The second kappa shape index (κ2) is 10.4. The molecule has 0 fully saturated rings. The Hall–Kier alpha value is -4.84. The van der Waals surface area contributed by atoms with Crippen LogP contribution in [0.3, 0.4) is 0 Å². The van der Waals surface area contributed by atoms with Crippen molar-refractivity contribution in [3.63, 3.8) is 0 Å². The number of carbonyl (C=O) groups excluding carboxylic acids is 2. The van der Waals surface area contributed by atoms with Gasteiger partial charge in [-0.05, 0) is 57.2 Å². The Kier molecular flexibility index (Phi) is 6.60. The summed E-state index contributed by atoms with van der Waals surface area (Å²) < 4.78 is 9.12. The molecule has 0 unspecified atom stereocenters. The van der Waals surface area contributed by atoms with E-state index in [1.54, 1.807) is 41.0 Å². The van der Waals surface area contributed by atoms with Gasteiger partial charge in [-0.15, -0.1) is 0 Å². The Morgan fingerprint density at radius 3 is 2.88 bits per heavy atom. The molecular weight excluding hydrogens is 510 g/mol. The number of hydrogen-bond donors (Lipinski definition) is 2. The van der Waals surface area contributed by atoms with Crippen molar-refractivity contribution in [2.45, 2.75) is 19.3 Å². The minimum Gasteiger partial charge on any atom is -0.494 e. The molecule has 1 aromatic carbocycles. The van der Waals surface area contributed by atoms with E-state index in [-0.39, 0.29) is 17.5 Å². The van der Waals surface area contributed by atoms with Gasteiger partial charge in [-0.25, -0.2) is 14.2 Å². The lowest BCUT2D eigenvalue weighted by Gasteiger charge is -2.20. The molecule has 1 aliphatic heterocycles. The van der Waals surface area contributed by atoms with Crippen LogP contribution < -0.4 is 15.4 Å². The number of amides is 2. The van der Waals surface area contributed by atoms with Crippen molar-refractivity contribution in [1.29, 1.82) is 0 Å². The Balaban J connectivity index is 1.49. The average Bonchev–Trinajstić information content (AvgIpc) is 3.56. The van der Waals surface area contributed by atoms with Crippen LogP contribution in [0.4, 0.5) is 5.69 Å². The van der Waals surface area contributed by atoms with Gasteiger partial charge in [-0.1, -0.05) is 0 Å². The molecule has 0 bridgehead atoms. The second-order valence-corrected chi connectivity index (χ2v) is 9.94. The third-order valence-electron chi connectivity index (χ3n) is 6.93. The lowest BCUT2D eigenvalue weighted by Crippen LogP contribution is -2.27. The van der Waals surface area contributed by atoms with Crippen molar-refractivity contribution in [1.82, 2.24) is 39.6 Å². The first-order valence-corrected chi connectivity index (χ1v) is 13.0. The number of anilines is 1. The second-order valence-electron chi connectivity index (χ2n) is 9.94. The van der Waals surface area contributed by atoms with Crippen LogP contribution in [0.15, 0.2) is 49.1 Å². The third kappa shape index (κ3) is 4.62. The first kappa shape index (κ1) is 25.4. The standard InChI is InChI=1S/C28H29N9O3/c1-35(2)10-4-9-30-28(39)26-19-15-31-21(18-16-32-36-11-5-8-29-27(18)36)13-22(19)37(34-26)23-12-17-6-7-25(38)33-20(17)14-24(23)40-3/h5,8,11-16H,4,6-7,9-10H2,1-3H3,(H,30,39)(H,33,38). The summed E-state index contributed by atoms with van der Waals surface area (Å²) in [6.45, 7) is 1.38. The Morgan fingerprint density at radius 2 is 2.05 bits per heavy atom. The third-order valence-corrected chi connectivity index (χ3v) is 6.93. The monoisotopic (exact) mass is 539 g/mol. The number of aryl methyl sites for hydroxylation is 1. The number of ether oxygens (including phenoxy) is 1. The number of nitrogens with one attached hydrogen (secondary N) is 2. The van der Waals surface area contributed by atoms with E-state index < -0.39 is 0 Å². The molecule has 0 saturated carbocycles. The summed E-state index contributed by atoms with van der Waals surface area (Å²) in [6.07, 6.45) is 8.72. The van der Waals surface area contributed by atoms with Crippen LogP contribution >= 0.6 is 0 Å². The van der Waals surface area contributed by atoms with E-state index in [1.807, 2.05) is 38.5 Å². The summed E-state index contributed by atoms with van der Waals surface area (Å²) in [7, 11) is 5.56. The molecule has 0 saturated heterocycles. The molecule has 4 aromatic heterocycles. The van der Waals surface area contributed by atoms with Crippen LogP contribution in [-0.4, -0.2) is 80.4 Å². The summed E-state index contributed by atoms with van der Waals surface area (Å²) in [5, 5.41) is 15.7. The number of carbonyl (C=O) groups is 2. The number of nitrogens with zero attached hydrogens (tertiary/aromatic N) is 7. The highest BCUT2D eigenvalue weighted by Gasteiger charge is 2.24. The molecule has 6 rings (SSSR count). The van der Waals surface area contributed by atoms with Crippen LogP contribution in [0, 0.1) is 0 Å². The van der Waals surface area contributed by atoms with Crippen molar-refractivity contribution < 1.29 is 14.3 Å². The van der Waals surface area contributed by atoms with Crippen LogP contribution in [0.1, 0.15) is 28.9 Å². The normalized spacial score (nSPS) is 13.1. The van der Waals surface area contributed by atoms with Crippen molar-refractivity contribution in [2.75, 3.05) is 39.6 Å². The SMILES string of the molecule is COc1cc2c(cc1-n1nc(C(=O)NCCCN(C)C)c3cnc(-c4cnn5cccnc45)cc31)CCC(=O)N2. The van der Waals surface area contributed by atoms with Crippen LogP contribution in [-0.2, 0) is 11.2 Å². The number of benzene rings is 1. The highest BCUT2D eigenvalue weighted by atomic mass is 16.5. The number of fused-ring (bicyclic) bond motifs is 3. The summed E-state index contributed by atoms with van der Waals surface area (Å²) in [4.78, 5) is 36.5. The number of pyridine rings is 1. The number of hydrogen-bond acceptors (Lipinski definition) is 8. The van der Waals surface area contributed by atoms with Gasteiger partial charge in [0.2, 0.25) is 5.91 Å². The average molecular weight is 540 g/mol. The fraction of sp³-hybridized carbons (Fsp3) is 0.286.